The molecular formula is C11H16ClN3S. The number of guanidine groups is 1. The quantitative estimate of drug-likeness (QED) is 0.651. The van der Waals surface area contributed by atoms with E-state index in [1.54, 1.807) is 11.3 Å². The molecule has 1 aliphatic rings. The number of hydrogen-bond donors (Lipinski definition) is 1. The fourth-order valence-corrected chi connectivity index (χ4v) is 2.90. The van der Waals surface area contributed by atoms with Crippen LogP contribution in [0.5, 0.6) is 0 Å². The second-order valence-electron chi connectivity index (χ2n) is 3.80. The SMILES string of the molecule is CN=C(NCc1ccc(Cl)s1)N1CCCC1. The van der Waals surface area contributed by atoms with Crippen molar-refractivity contribution < 1.29 is 0 Å². The molecule has 0 saturated carbocycles. The third kappa shape index (κ3) is 2.89. The number of rotatable bonds is 2. The Morgan fingerprint density at radius 3 is 2.81 bits per heavy atom. The fraction of sp³-hybridized carbons (Fsp3) is 0.545. The molecule has 2 rings (SSSR count). The first-order chi connectivity index (χ1) is 7.79. The maximum absolute atomic E-state index is 5.89. The van der Waals surface area contributed by atoms with E-state index in [9.17, 15) is 0 Å². The molecule has 1 N–H and O–H groups in total. The molecule has 1 fully saturated rings. The molecular weight excluding hydrogens is 242 g/mol. The highest BCUT2D eigenvalue weighted by Crippen LogP contribution is 2.21. The van der Waals surface area contributed by atoms with Crippen LogP contribution in [-0.2, 0) is 6.54 Å². The van der Waals surface area contributed by atoms with Crippen LogP contribution in [0.3, 0.4) is 0 Å². The lowest BCUT2D eigenvalue weighted by Gasteiger charge is -2.20. The van der Waals surface area contributed by atoms with Crippen LogP contribution in [0.4, 0.5) is 0 Å². The summed E-state index contributed by atoms with van der Waals surface area (Å²) >= 11 is 7.50. The minimum Gasteiger partial charge on any atom is -0.351 e. The molecule has 0 unspecified atom stereocenters. The number of hydrogen-bond acceptors (Lipinski definition) is 2. The minimum atomic E-state index is 0.806. The van der Waals surface area contributed by atoms with Crippen molar-refractivity contribution in [3.8, 4) is 0 Å². The topological polar surface area (TPSA) is 27.6 Å². The Kier molecular flexibility index (Phi) is 4.07. The summed E-state index contributed by atoms with van der Waals surface area (Å²) in [6.45, 7) is 3.04. The maximum atomic E-state index is 5.89. The van der Waals surface area contributed by atoms with Crippen LogP contribution in [0.1, 0.15) is 17.7 Å². The molecule has 5 heteroatoms. The zero-order valence-corrected chi connectivity index (χ0v) is 10.9. The van der Waals surface area contributed by atoms with Crippen LogP contribution in [0.15, 0.2) is 17.1 Å². The van der Waals surface area contributed by atoms with Gasteiger partial charge in [-0.05, 0) is 25.0 Å². The van der Waals surface area contributed by atoms with E-state index < -0.39 is 0 Å². The molecule has 0 amide bonds. The van der Waals surface area contributed by atoms with Crippen molar-refractivity contribution in [3.05, 3.63) is 21.3 Å². The highest BCUT2D eigenvalue weighted by molar-refractivity contribution is 7.16. The molecule has 1 aliphatic heterocycles. The number of aliphatic imine (C=N–C) groups is 1. The Morgan fingerprint density at radius 2 is 2.25 bits per heavy atom. The van der Waals surface area contributed by atoms with Gasteiger partial charge in [0.2, 0.25) is 0 Å². The van der Waals surface area contributed by atoms with E-state index in [4.69, 9.17) is 11.6 Å². The lowest BCUT2D eigenvalue weighted by Crippen LogP contribution is -2.38. The van der Waals surface area contributed by atoms with Gasteiger partial charge in [-0.15, -0.1) is 11.3 Å². The van der Waals surface area contributed by atoms with Crippen LogP contribution in [-0.4, -0.2) is 31.0 Å². The van der Waals surface area contributed by atoms with Gasteiger partial charge in [0.05, 0.1) is 10.9 Å². The maximum Gasteiger partial charge on any atom is 0.193 e. The van der Waals surface area contributed by atoms with E-state index in [1.165, 1.54) is 17.7 Å². The van der Waals surface area contributed by atoms with Crippen molar-refractivity contribution in [3.63, 3.8) is 0 Å². The zero-order chi connectivity index (χ0) is 11.4. The number of likely N-dealkylation sites (tertiary alicyclic amines) is 1. The van der Waals surface area contributed by atoms with Gasteiger partial charge in [-0.3, -0.25) is 4.99 Å². The van der Waals surface area contributed by atoms with Crippen molar-refractivity contribution in [2.24, 2.45) is 4.99 Å². The van der Waals surface area contributed by atoms with Crippen LogP contribution in [0.25, 0.3) is 0 Å². The van der Waals surface area contributed by atoms with Gasteiger partial charge >= 0.3 is 0 Å². The highest BCUT2D eigenvalue weighted by atomic mass is 35.5. The summed E-state index contributed by atoms with van der Waals surface area (Å²) in [6, 6.07) is 3.99. The lowest BCUT2D eigenvalue weighted by molar-refractivity contribution is 0.494. The molecule has 1 aromatic rings. The van der Waals surface area contributed by atoms with Crippen LogP contribution in [0, 0.1) is 0 Å². The molecule has 0 bridgehead atoms. The largest absolute Gasteiger partial charge is 0.351 e. The normalized spacial score (nSPS) is 16.9. The van der Waals surface area contributed by atoms with Crippen LogP contribution in [0.2, 0.25) is 4.34 Å². The van der Waals surface area contributed by atoms with Gasteiger partial charge in [0.25, 0.3) is 0 Å². The minimum absolute atomic E-state index is 0.806. The summed E-state index contributed by atoms with van der Waals surface area (Å²) in [4.78, 5) is 7.84. The monoisotopic (exact) mass is 257 g/mol. The summed E-state index contributed by atoms with van der Waals surface area (Å²) in [6.07, 6.45) is 2.54. The molecule has 0 radical (unpaired) electrons. The average molecular weight is 258 g/mol. The Bertz CT molecular complexity index is 369. The van der Waals surface area contributed by atoms with E-state index in [2.05, 4.69) is 21.3 Å². The van der Waals surface area contributed by atoms with Gasteiger partial charge < -0.3 is 10.2 Å². The molecule has 0 atom stereocenters. The third-order valence-corrected chi connectivity index (χ3v) is 3.90. The molecule has 3 nitrogen and oxygen atoms in total. The van der Waals surface area contributed by atoms with Gasteiger partial charge in [-0.25, -0.2) is 0 Å². The van der Waals surface area contributed by atoms with Crippen molar-refractivity contribution in [2.45, 2.75) is 19.4 Å². The van der Waals surface area contributed by atoms with Gasteiger partial charge in [-0.2, -0.15) is 0 Å². The average Bonchev–Trinajstić information content (AvgIpc) is 2.91. The Hall–Kier alpha value is -0.740. The van der Waals surface area contributed by atoms with Gasteiger partial charge in [0.15, 0.2) is 5.96 Å². The summed E-state index contributed by atoms with van der Waals surface area (Å²) in [5.74, 6) is 1.00. The molecule has 16 heavy (non-hydrogen) atoms. The summed E-state index contributed by atoms with van der Waals surface area (Å²) in [5, 5.41) is 3.37. The predicted molar refractivity (Wildman–Crippen MR) is 70.3 cm³/mol. The lowest BCUT2D eigenvalue weighted by atomic mass is 10.4. The van der Waals surface area contributed by atoms with E-state index in [1.807, 2.05) is 13.1 Å². The van der Waals surface area contributed by atoms with E-state index in [0.29, 0.717) is 0 Å². The van der Waals surface area contributed by atoms with Crippen molar-refractivity contribution >= 4 is 28.9 Å². The first kappa shape index (κ1) is 11.7. The first-order valence-electron chi connectivity index (χ1n) is 5.49. The second kappa shape index (κ2) is 5.55. The van der Waals surface area contributed by atoms with Crippen molar-refractivity contribution in [1.29, 1.82) is 0 Å². The summed E-state index contributed by atoms with van der Waals surface area (Å²) in [7, 11) is 1.84. The second-order valence-corrected chi connectivity index (χ2v) is 5.60. The van der Waals surface area contributed by atoms with Crippen molar-refractivity contribution in [2.75, 3.05) is 20.1 Å². The molecule has 0 aliphatic carbocycles. The predicted octanol–water partition coefficient (Wildman–Crippen LogP) is 2.57. The molecule has 1 saturated heterocycles. The van der Waals surface area contributed by atoms with Gasteiger partial charge in [0.1, 0.15) is 0 Å². The number of halogens is 1. The first-order valence-corrected chi connectivity index (χ1v) is 6.69. The Labute approximate surface area is 105 Å². The van der Waals surface area contributed by atoms with Gasteiger partial charge in [-0.1, -0.05) is 11.6 Å². The highest BCUT2D eigenvalue weighted by Gasteiger charge is 2.15. The molecule has 2 heterocycles. The Morgan fingerprint density at radius 1 is 1.50 bits per heavy atom. The van der Waals surface area contributed by atoms with Crippen molar-refractivity contribution in [1.82, 2.24) is 10.2 Å². The van der Waals surface area contributed by atoms with E-state index in [0.717, 1.165) is 29.9 Å². The van der Waals surface area contributed by atoms with Crippen LogP contribution < -0.4 is 5.32 Å². The zero-order valence-electron chi connectivity index (χ0n) is 9.37. The van der Waals surface area contributed by atoms with Gasteiger partial charge in [0, 0.05) is 25.0 Å². The number of nitrogens with zero attached hydrogens (tertiary/aromatic N) is 2. The molecule has 0 aromatic carbocycles. The molecule has 0 spiro atoms. The number of thiophene rings is 1. The summed E-state index contributed by atoms with van der Waals surface area (Å²) in [5.41, 5.74) is 0. The van der Waals surface area contributed by atoms with E-state index >= 15 is 0 Å². The summed E-state index contributed by atoms with van der Waals surface area (Å²) < 4.78 is 0.841. The van der Waals surface area contributed by atoms with Crippen LogP contribution >= 0.6 is 22.9 Å². The third-order valence-electron chi connectivity index (χ3n) is 2.67. The Balaban J connectivity index is 1.88. The molecule has 88 valence electrons. The standard InChI is InChI=1S/C11H16ClN3S/c1-13-11(15-6-2-3-7-15)14-8-9-4-5-10(12)16-9/h4-5H,2-3,6-8H2,1H3,(H,13,14). The fourth-order valence-electron chi connectivity index (χ4n) is 1.87. The van der Waals surface area contributed by atoms with E-state index in [-0.39, 0.29) is 0 Å². The number of nitrogens with one attached hydrogen (secondary N) is 1. The molecule has 1 aromatic heterocycles. The smallest absolute Gasteiger partial charge is 0.193 e.